The summed E-state index contributed by atoms with van der Waals surface area (Å²) in [7, 11) is 0. The predicted molar refractivity (Wildman–Crippen MR) is 89.4 cm³/mol. The fourth-order valence-corrected chi connectivity index (χ4v) is 3.81. The number of aryl methyl sites for hydroxylation is 1. The average Bonchev–Trinajstić information content (AvgIpc) is 3.02. The number of carbonyl (C=O) groups is 1. The van der Waals surface area contributed by atoms with Crippen LogP contribution in [0.5, 0.6) is 0 Å². The molecule has 122 valence electrons. The van der Waals surface area contributed by atoms with E-state index < -0.39 is 0 Å². The molecule has 1 aliphatic heterocycles. The second kappa shape index (κ2) is 7.17. The summed E-state index contributed by atoms with van der Waals surface area (Å²) in [6.45, 7) is 5.32. The second-order valence-corrected chi connectivity index (χ2v) is 7.27. The maximum Gasteiger partial charge on any atom is 0.235 e. The Morgan fingerprint density at radius 1 is 1.30 bits per heavy atom. The maximum absolute atomic E-state index is 12.6. The summed E-state index contributed by atoms with van der Waals surface area (Å²) in [5.74, 6) is 1.86. The summed E-state index contributed by atoms with van der Waals surface area (Å²) < 4.78 is 5.26. The van der Waals surface area contributed by atoms with Crippen LogP contribution in [0.2, 0.25) is 0 Å². The molecule has 1 aromatic carbocycles. The number of hydrogen-bond donors (Lipinski definition) is 0. The summed E-state index contributed by atoms with van der Waals surface area (Å²) in [6, 6.07) is 10.1. The number of amides is 1. The van der Waals surface area contributed by atoms with E-state index in [1.54, 1.807) is 11.8 Å². The van der Waals surface area contributed by atoms with Crippen LogP contribution in [0.15, 0.2) is 39.8 Å². The number of hydrogen-bond acceptors (Lipinski definition) is 5. The van der Waals surface area contributed by atoms with E-state index in [0.717, 1.165) is 30.8 Å². The van der Waals surface area contributed by atoms with Gasteiger partial charge in [-0.15, -0.1) is 11.8 Å². The fraction of sp³-hybridized carbons (Fsp3) is 0.471. The summed E-state index contributed by atoms with van der Waals surface area (Å²) in [5, 5.41) is 3.78. The normalized spacial score (nSPS) is 17.2. The molecule has 2 aromatic rings. The van der Waals surface area contributed by atoms with Gasteiger partial charge in [0.15, 0.2) is 5.82 Å². The van der Waals surface area contributed by atoms with E-state index in [0.29, 0.717) is 11.7 Å². The van der Waals surface area contributed by atoms with Crippen LogP contribution in [0.25, 0.3) is 0 Å². The van der Waals surface area contributed by atoms with Crippen LogP contribution < -0.4 is 0 Å². The van der Waals surface area contributed by atoms with Crippen molar-refractivity contribution in [3.63, 3.8) is 0 Å². The van der Waals surface area contributed by atoms with Gasteiger partial charge < -0.3 is 9.42 Å². The first-order valence-corrected chi connectivity index (χ1v) is 8.82. The lowest BCUT2D eigenvalue weighted by Gasteiger charge is -2.32. The van der Waals surface area contributed by atoms with Crippen LogP contribution in [0.3, 0.4) is 0 Å². The number of thioether (sulfide) groups is 1. The smallest absolute Gasteiger partial charge is 0.235 e. The SMILES string of the molecule is Cc1noc(C2CCN(C(=O)C(C)Sc3ccccc3)CC2)n1. The Morgan fingerprint density at radius 2 is 2.00 bits per heavy atom. The predicted octanol–water partition coefficient (Wildman–Crippen LogP) is 3.26. The minimum Gasteiger partial charge on any atom is -0.342 e. The van der Waals surface area contributed by atoms with Gasteiger partial charge in [-0.1, -0.05) is 23.4 Å². The average molecular weight is 331 g/mol. The molecule has 0 spiro atoms. The molecule has 0 radical (unpaired) electrons. The Hall–Kier alpha value is -1.82. The number of benzene rings is 1. The van der Waals surface area contributed by atoms with Crippen molar-refractivity contribution in [1.82, 2.24) is 15.0 Å². The molecule has 1 amide bonds. The monoisotopic (exact) mass is 331 g/mol. The van der Waals surface area contributed by atoms with Crippen molar-refractivity contribution in [3.8, 4) is 0 Å². The lowest BCUT2D eigenvalue weighted by molar-refractivity contribution is -0.131. The van der Waals surface area contributed by atoms with E-state index >= 15 is 0 Å². The topological polar surface area (TPSA) is 59.2 Å². The molecule has 1 saturated heterocycles. The summed E-state index contributed by atoms with van der Waals surface area (Å²) in [6.07, 6.45) is 1.77. The van der Waals surface area contributed by atoms with Crippen LogP contribution in [0.4, 0.5) is 0 Å². The molecular formula is C17H21N3O2S. The Bertz CT molecular complexity index is 651. The first-order chi connectivity index (χ1) is 11.1. The van der Waals surface area contributed by atoms with E-state index in [9.17, 15) is 4.79 Å². The Balaban J connectivity index is 1.53. The summed E-state index contributed by atoms with van der Waals surface area (Å²) in [4.78, 5) is 20.0. The third kappa shape index (κ3) is 3.93. The number of rotatable bonds is 4. The molecule has 23 heavy (non-hydrogen) atoms. The van der Waals surface area contributed by atoms with Crippen LogP contribution in [0, 0.1) is 6.92 Å². The van der Waals surface area contributed by atoms with E-state index in [1.807, 2.05) is 49.1 Å². The molecule has 1 aliphatic rings. The van der Waals surface area contributed by atoms with Gasteiger partial charge in [0, 0.05) is 23.9 Å². The minimum atomic E-state index is -0.0698. The first kappa shape index (κ1) is 16.1. The minimum absolute atomic E-state index is 0.0698. The largest absolute Gasteiger partial charge is 0.342 e. The summed E-state index contributed by atoms with van der Waals surface area (Å²) >= 11 is 1.61. The van der Waals surface area contributed by atoms with Gasteiger partial charge in [-0.2, -0.15) is 4.98 Å². The van der Waals surface area contributed by atoms with Crippen LogP contribution in [-0.2, 0) is 4.79 Å². The van der Waals surface area contributed by atoms with Crippen molar-refractivity contribution in [2.45, 2.75) is 42.8 Å². The van der Waals surface area contributed by atoms with Gasteiger partial charge in [0.2, 0.25) is 11.8 Å². The molecule has 0 saturated carbocycles. The first-order valence-electron chi connectivity index (χ1n) is 7.94. The van der Waals surface area contributed by atoms with Gasteiger partial charge in [0.05, 0.1) is 5.25 Å². The van der Waals surface area contributed by atoms with E-state index in [4.69, 9.17) is 4.52 Å². The van der Waals surface area contributed by atoms with Gasteiger partial charge in [0.1, 0.15) is 0 Å². The summed E-state index contributed by atoms with van der Waals surface area (Å²) in [5.41, 5.74) is 0. The Kier molecular flexibility index (Phi) is 5.00. The zero-order valence-corrected chi connectivity index (χ0v) is 14.3. The van der Waals surface area contributed by atoms with Crippen molar-refractivity contribution in [2.75, 3.05) is 13.1 Å². The number of aromatic nitrogens is 2. The highest BCUT2D eigenvalue weighted by atomic mass is 32.2. The van der Waals surface area contributed by atoms with Crippen molar-refractivity contribution >= 4 is 17.7 Å². The molecule has 6 heteroatoms. The number of piperidine rings is 1. The molecule has 1 unspecified atom stereocenters. The molecule has 5 nitrogen and oxygen atoms in total. The molecule has 3 rings (SSSR count). The van der Waals surface area contributed by atoms with Crippen molar-refractivity contribution in [2.24, 2.45) is 0 Å². The second-order valence-electron chi connectivity index (χ2n) is 5.85. The third-order valence-electron chi connectivity index (χ3n) is 4.10. The third-order valence-corrected chi connectivity index (χ3v) is 5.20. The standard InChI is InChI=1S/C17H21N3O2S/c1-12(23-15-6-4-3-5-7-15)17(21)20-10-8-14(9-11-20)16-18-13(2)19-22-16/h3-7,12,14H,8-11H2,1-2H3. The number of nitrogens with zero attached hydrogens (tertiary/aromatic N) is 3. The van der Waals surface area contributed by atoms with E-state index in [1.165, 1.54) is 0 Å². The quantitative estimate of drug-likeness (QED) is 0.805. The Labute approximate surface area is 140 Å². The van der Waals surface area contributed by atoms with Crippen molar-refractivity contribution in [3.05, 3.63) is 42.0 Å². The molecule has 0 aliphatic carbocycles. The van der Waals surface area contributed by atoms with Gasteiger partial charge in [-0.3, -0.25) is 4.79 Å². The highest BCUT2D eigenvalue weighted by Crippen LogP contribution is 2.29. The van der Waals surface area contributed by atoms with Crippen LogP contribution in [0.1, 0.15) is 37.4 Å². The molecule has 0 N–H and O–H groups in total. The van der Waals surface area contributed by atoms with Crippen LogP contribution >= 0.6 is 11.8 Å². The fourth-order valence-electron chi connectivity index (χ4n) is 2.84. The van der Waals surface area contributed by atoms with Crippen molar-refractivity contribution in [1.29, 1.82) is 0 Å². The van der Waals surface area contributed by atoms with Gasteiger partial charge >= 0.3 is 0 Å². The molecule has 1 fully saturated rings. The molecule has 2 heterocycles. The number of carbonyl (C=O) groups excluding carboxylic acids is 1. The number of likely N-dealkylation sites (tertiary alicyclic amines) is 1. The van der Waals surface area contributed by atoms with E-state index in [2.05, 4.69) is 10.1 Å². The van der Waals surface area contributed by atoms with Gasteiger partial charge in [-0.05, 0) is 38.8 Å². The molecule has 1 aromatic heterocycles. The van der Waals surface area contributed by atoms with Crippen molar-refractivity contribution < 1.29 is 9.32 Å². The zero-order valence-electron chi connectivity index (χ0n) is 13.4. The Morgan fingerprint density at radius 3 is 2.61 bits per heavy atom. The highest BCUT2D eigenvalue weighted by Gasteiger charge is 2.29. The van der Waals surface area contributed by atoms with Gasteiger partial charge in [-0.25, -0.2) is 0 Å². The van der Waals surface area contributed by atoms with Gasteiger partial charge in [0.25, 0.3) is 0 Å². The highest BCUT2D eigenvalue weighted by molar-refractivity contribution is 8.00. The lowest BCUT2D eigenvalue weighted by atomic mass is 9.96. The lowest BCUT2D eigenvalue weighted by Crippen LogP contribution is -2.41. The maximum atomic E-state index is 12.6. The van der Waals surface area contributed by atoms with Crippen LogP contribution in [-0.4, -0.2) is 39.3 Å². The molecule has 0 bridgehead atoms. The zero-order chi connectivity index (χ0) is 16.2. The van der Waals surface area contributed by atoms with E-state index in [-0.39, 0.29) is 17.1 Å². The molecular weight excluding hydrogens is 310 g/mol. The molecule has 1 atom stereocenters.